The molecule has 0 atom stereocenters. The van der Waals surface area contributed by atoms with Crippen LogP contribution in [0.2, 0.25) is 0 Å². The molecule has 0 spiro atoms. The van der Waals surface area contributed by atoms with Gasteiger partial charge in [-0.1, -0.05) is 72.8 Å². The summed E-state index contributed by atoms with van der Waals surface area (Å²) in [7, 11) is -4.04. The average molecular weight is 438 g/mol. The Balaban J connectivity index is 0.000000168. The molecule has 1 N–H and O–H groups in total. The molecule has 0 aliphatic rings. The van der Waals surface area contributed by atoms with E-state index < -0.39 is 10.1 Å². The number of halogens is 1. The Kier molecular flexibility index (Phi) is 6.32. The number of benzene rings is 3. The van der Waals surface area contributed by atoms with Gasteiger partial charge in [-0.05, 0) is 45.9 Å². The van der Waals surface area contributed by atoms with Gasteiger partial charge in [0.2, 0.25) is 0 Å². The Morgan fingerprint density at radius 3 is 1.39 bits per heavy atom. The van der Waals surface area contributed by atoms with E-state index in [4.69, 9.17) is 4.55 Å². The lowest BCUT2D eigenvalue weighted by atomic mass is 10.1. The van der Waals surface area contributed by atoms with Gasteiger partial charge >= 0.3 is 0 Å². The van der Waals surface area contributed by atoms with Crippen LogP contribution in [0.4, 0.5) is 0 Å². The van der Waals surface area contributed by atoms with Crippen molar-refractivity contribution < 1.29 is 13.0 Å². The van der Waals surface area contributed by atoms with Gasteiger partial charge < -0.3 is 0 Å². The van der Waals surface area contributed by atoms with Crippen LogP contribution in [0.1, 0.15) is 0 Å². The van der Waals surface area contributed by atoms with Crippen LogP contribution in [0, 0.1) is 3.57 Å². The third-order valence-electron chi connectivity index (χ3n) is 3.00. The minimum atomic E-state index is -4.04. The minimum Gasteiger partial charge on any atom is -0.282 e. The summed E-state index contributed by atoms with van der Waals surface area (Å²) < 4.78 is 30.4. The summed E-state index contributed by atoms with van der Waals surface area (Å²) in [5.74, 6) is 0. The Bertz CT molecular complexity index is 810. The first kappa shape index (κ1) is 17.7. The molecule has 0 fully saturated rings. The highest BCUT2D eigenvalue weighted by Gasteiger charge is 2.11. The maximum atomic E-state index is 10.6. The number of hydrogen-bond donors (Lipinski definition) is 1. The zero-order valence-electron chi connectivity index (χ0n) is 12.1. The fourth-order valence-electron chi connectivity index (χ4n) is 1.92. The molecule has 0 unspecified atom stereocenters. The first-order valence-corrected chi connectivity index (χ1v) is 9.33. The van der Waals surface area contributed by atoms with Crippen molar-refractivity contribution in [3.05, 3.63) is 88.5 Å². The summed E-state index contributed by atoms with van der Waals surface area (Å²) in [4.78, 5) is -0.0411. The summed E-state index contributed by atoms with van der Waals surface area (Å²) in [6.07, 6.45) is 0. The molecule has 0 aliphatic carbocycles. The highest BCUT2D eigenvalue weighted by Crippen LogP contribution is 2.17. The van der Waals surface area contributed by atoms with E-state index in [2.05, 4.69) is 48.5 Å². The second-order valence-electron chi connectivity index (χ2n) is 4.64. The summed E-state index contributed by atoms with van der Waals surface area (Å²) in [5, 5.41) is 0. The molecule has 0 heterocycles. The van der Waals surface area contributed by atoms with Crippen molar-refractivity contribution in [2.75, 3.05) is 0 Å². The SMILES string of the molecule is O=S(=O)(O)c1ccccc1I.c1ccc(-c2ccccc2)cc1. The van der Waals surface area contributed by atoms with Gasteiger partial charge in [0.05, 0.1) is 0 Å². The predicted octanol–water partition coefficient (Wildman–Crippen LogP) is 4.89. The Hall–Kier alpha value is -1.70. The van der Waals surface area contributed by atoms with Gasteiger partial charge in [-0.15, -0.1) is 0 Å². The Morgan fingerprint density at radius 1 is 0.652 bits per heavy atom. The van der Waals surface area contributed by atoms with E-state index in [0.717, 1.165) is 0 Å². The third-order valence-corrected chi connectivity index (χ3v) is 5.21. The van der Waals surface area contributed by atoms with Crippen molar-refractivity contribution in [2.24, 2.45) is 0 Å². The summed E-state index contributed by atoms with van der Waals surface area (Å²) in [6, 6.07) is 27.0. The zero-order chi connectivity index (χ0) is 16.7. The molecular weight excluding hydrogens is 423 g/mol. The highest BCUT2D eigenvalue weighted by atomic mass is 127. The standard InChI is InChI=1S/C12H10.C6H5IO3S/c1-3-7-11(8-4-1)12-9-5-2-6-10-12;7-5-3-1-2-4-6(5)11(8,9)10/h1-10H;1-4H,(H,8,9,10). The van der Waals surface area contributed by atoms with Gasteiger partial charge in [-0.3, -0.25) is 4.55 Å². The molecule has 0 radical (unpaired) electrons. The first-order chi connectivity index (χ1) is 11.0. The summed E-state index contributed by atoms with van der Waals surface area (Å²) in [5.41, 5.74) is 2.55. The molecule has 3 rings (SSSR count). The predicted molar refractivity (Wildman–Crippen MR) is 101 cm³/mol. The fraction of sp³-hybridized carbons (Fsp3) is 0. The lowest BCUT2D eigenvalue weighted by molar-refractivity contribution is 0.482. The van der Waals surface area contributed by atoms with Crippen molar-refractivity contribution in [3.8, 4) is 11.1 Å². The summed E-state index contributed by atoms with van der Waals surface area (Å²) >= 11 is 1.85. The quantitative estimate of drug-likeness (QED) is 0.458. The molecule has 118 valence electrons. The third kappa shape index (κ3) is 5.46. The lowest BCUT2D eigenvalue weighted by Crippen LogP contribution is -1.99. The maximum Gasteiger partial charge on any atom is 0.295 e. The van der Waals surface area contributed by atoms with Gasteiger partial charge in [0.1, 0.15) is 4.90 Å². The number of rotatable bonds is 2. The van der Waals surface area contributed by atoms with E-state index in [1.807, 2.05) is 34.7 Å². The fourth-order valence-corrected chi connectivity index (χ4v) is 3.70. The van der Waals surface area contributed by atoms with E-state index >= 15 is 0 Å². The second kappa shape index (κ2) is 8.24. The van der Waals surface area contributed by atoms with Crippen LogP contribution >= 0.6 is 22.6 Å². The second-order valence-corrected chi connectivity index (χ2v) is 7.19. The van der Waals surface area contributed by atoms with Crippen LogP contribution in [0.3, 0.4) is 0 Å². The molecular formula is C18H15IO3S. The molecule has 23 heavy (non-hydrogen) atoms. The zero-order valence-corrected chi connectivity index (χ0v) is 15.1. The molecule has 5 heteroatoms. The van der Waals surface area contributed by atoms with E-state index in [1.165, 1.54) is 17.2 Å². The van der Waals surface area contributed by atoms with Crippen molar-refractivity contribution in [3.63, 3.8) is 0 Å². The van der Waals surface area contributed by atoms with E-state index in [9.17, 15) is 8.42 Å². The molecule has 0 aliphatic heterocycles. The van der Waals surface area contributed by atoms with Crippen molar-refractivity contribution in [1.29, 1.82) is 0 Å². The van der Waals surface area contributed by atoms with Crippen molar-refractivity contribution in [2.45, 2.75) is 4.90 Å². The maximum absolute atomic E-state index is 10.6. The first-order valence-electron chi connectivity index (χ1n) is 6.81. The van der Waals surface area contributed by atoms with Crippen molar-refractivity contribution >= 4 is 32.7 Å². The van der Waals surface area contributed by atoms with E-state index in [1.54, 1.807) is 18.2 Å². The van der Waals surface area contributed by atoms with E-state index in [-0.39, 0.29) is 4.90 Å². The smallest absolute Gasteiger partial charge is 0.282 e. The van der Waals surface area contributed by atoms with Gasteiger partial charge in [0, 0.05) is 3.57 Å². The molecule has 0 amide bonds. The van der Waals surface area contributed by atoms with Crippen LogP contribution in [-0.4, -0.2) is 13.0 Å². The molecule has 0 saturated carbocycles. The lowest BCUT2D eigenvalue weighted by Gasteiger charge is -1.98. The van der Waals surface area contributed by atoms with E-state index in [0.29, 0.717) is 3.57 Å². The van der Waals surface area contributed by atoms with Gasteiger partial charge in [0.25, 0.3) is 10.1 Å². The number of hydrogen-bond acceptors (Lipinski definition) is 2. The topological polar surface area (TPSA) is 54.4 Å². The molecule has 3 aromatic carbocycles. The van der Waals surface area contributed by atoms with Crippen LogP contribution in [0.5, 0.6) is 0 Å². The molecule has 0 aromatic heterocycles. The van der Waals surface area contributed by atoms with Gasteiger partial charge in [-0.25, -0.2) is 0 Å². The monoisotopic (exact) mass is 438 g/mol. The highest BCUT2D eigenvalue weighted by molar-refractivity contribution is 14.1. The largest absolute Gasteiger partial charge is 0.295 e. The minimum absolute atomic E-state index is 0.0411. The molecule has 3 aromatic rings. The van der Waals surface area contributed by atoms with Crippen LogP contribution in [0.25, 0.3) is 11.1 Å². The van der Waals surface area contributed by atoms with Crippen LogP contribution in [0.15, 0.2) is 89.8 Å². The molecule has 3 nitrogen and oxygen atoms in total. The van der Waals surface area contributed by atoms with Crippen molar-refractivity contribution in [1.82, 2.24) is 0 Å². The molecule has 0 bridgehead atoms. The van der Waals surface area contributed by atoms with Crippen LogP contribution in [-0.2, 0) is 10.1 Å². The Labute approximate surface area is 149 Å². The summed E-state index contributed by atoms with van der Waals surface area (Å²) in [6.45, 7) is 0. The Morgan fingerprint density at radius 2 is 1.04 bits per heavy atom. The van der Waals surface area contributed by atoms with Gasteiger partial charge in [0.15, 0.2) is 0 Å². The molecule has 0 saturated heterocycles. The van der Waals surface area contributed by atoms with Crippen LogP contribution < -0.4 is 0 Å². The average Bonchev–Trinajstić information content (AvgIpc) is 2.56. The normalized spacial score (nSPS) is 10.5. The van der Waals surface area contributed by atoms with Gasteiger partial charge in [-0.2, -0.15) is 8.42 Å².